The van der Waals surface area contributed by atoms with E-state index in [1.165, 1.54) is 17.0 Å². The number of nitrogens with zero attached hydrogens (tertiary/aromatic N) is 1. The highest BCUT2D eigenvalue weighted by Crippen LogP contribution is 2.20. The topological polar surface area (TPSA) is 162 Å². The van der Waals surface area contributed by atoms with Crippen LogP contribution in [0.3, 0.4) is 0 Å². The highest BCUT2D eigenvalue weighted by atomic mass is 32.1. The van der Waals surface area contributed by atoms with Gasteiger partial charge in [-0.15, -0.1) is 0 Å². The van der Waals surface area contributed by atoms with E-state index in [0.29, 0.717) is 31.4 Å². The van der Waals surface area contributed by atoms with Gasteiger partial charge in [0.1, 0.15) is 23.9 Å². The van der Waals surface area contributed by atoms with Crippen LogP contribution in [0.25, 0.3) is 0 Å². The fraction of sp³-hybridized carbons (Fsp3) is 0.565. The molecular weight excluding hydrogens is 460 g/mol. The number of benzene rings is 1. The van der Waals surface area contributed by atoms with E-state index < -0.39 is 42.0 Å². The molecule has 3 amide bonds. The number of hydrogen-bond acceptors (Lipinski definition) is 7. The van der Waals surface area contributed by atoms with Gasteiger partial charge in [0.05, 0.1) is 6.04 Å². The molecule has 0 radical (unpaired) electrons. The summed E-state index contributed by atoms with van der Waals surface area (Å²) in [4.78, 5) is 51.7. The Balaban J connectivity index is 2.18. The first-order valence-electron chi connectivity index (χ1n) is 11.3. The monoisotopic (exact) mass is 494 g/mol. The lowest BCUT2D eigenvalue weighted by atomic mass is 10.0. The Kier molecular flexibility index (Phi) is 10.2. The summed E-state index contributed by atoms with van der Waals surface area (Å²) in [7, 11) is 0. The third kappa shape index (κ3) is 7.63. The van der Waals surface area contributed by atoms with Crippen LogP contribution in [0.1, 0.15) is 38.7 Å². The third-order valence-electron chi connectivity index (χ3n) is 5.69. The number of amides is 3. The van der Waals surface area contributed by atoms with Crippen molar-refractivity contribution < 1.29 is 29.4 Å². The summed E-state index contributed by atoms with van der Waals surface area (Å²) in [5, 5.41) is 23.8. The largest absolute Gasteiger partial charge is 0.508 e. The number of carbonyl (C=O) groups excluding carboxylic acids is 3. The second-order valence-corrected chi connectivity index (χ2v) is 9.30. The predicted octanol–water partition coefficient (Wildman–Crippen LogP) is 0.283. The van der Waals surface area contributed by atoms with Crippen molar-refractivity contribution in [3.05, 3.63) is 29.8 Å². The molecule has 0 spiro atoms. The van der Waals surface area contributed by atoms with E-state index in [9.17, 15) is 29.4 Å². The van der Waals surface area contributed by atoms with Crippen LogP contribution < -0.4 is 16.4 Å². The quantitative estimate of drug-likeness (QED) is 0.241. The molecule has 1 fully saturated rings. The van der Waals surface area contributed by atoms with Gasteiger partial charge in [-0.3, -0.25) is 14.4 Å². The Labute approximate surface area is 204 Å². The summed E-state index contributed by atoms with van der Waals surface area (Å²) < 4.78 is 0. The Bertz CT molecular complexity index is 879. The van der Waals surface area contributed by atoms with E-state index in [1.54, 1.807) is 12.1 Å². The lowest BCUT2D eigenvalue weighted by Gasteiger charge is -2.29. The average Bonchev–Trinajstić information content (AvgIpc) is 3.27. The number of carbonyl (C=O) groups is 4. The first-order valence-corrected chi connectivity index (χ1v) is 11.9. The zero-order chi connectivity index (χ0) is 25.4. The van der Waals surface area contributed by atoms with E-state index in [1.807, 2.05) is 13.8 Å². The molecule has 0 bridgehead atoms. The molecule has 1 heterocycles. The number of hydrogen-bond donors (Lipinski definition) is 6. The molecule has 0 aliphatic carbocycles. The second kappa shape index (κ2) is 12.6. The summed E-state index contributed by atoms with van der Waals surface area (Å²) >= 11 is 3.96. The minimum Gasteiger partial charge on any atom is -0.508 e. The van der Waals surface area contributed by atoms with Crippen LogP contribution in [0.2, 0.25) is 0 Å². The second-order valence-electron chi connectivity index (χ2n) is 8.94. The van der Waals surface area contributed by atoms with Crippen LogP contribution in [0.5, 0.6) is 5.75 Å². The van der Waals surface area contributed by atoms with Gasteiger partial charge < -0.3 is 31.5 Å². The molecule has 1 aromatic carbocycles. The number of aliphatic carboxylic acids is 1. The normalized spacial score (nSPS) is 18.3. The third-order valence-corrected chi connectivity index (χ3v) is 6.05. The number of carboxylic acids is 1. The Morgan fingerprint density at radius 2 is 1.79 bits per heavy atom. The SMILES string of the molecule is CC(C)CC(N)C(=O)N1CCCC1C(=O)NC(Cc1ccc(O)cc1)C(=O)NC(CS)C(=O)O. The molecule has 0 saturated carbocycles. The molecule has 4 unspecified atom stereocenters. The number of aromatic hydroxyl groups is 1. The number of likely N-dealkylation sites (tertiary alicyclic amines) is 1. The molecule has 34 heavy (non-hydrogen) atoms. The van der Waals surface area contributed by atoms with E-state index in [-0.39, 0.29) is 29.7 Å². The lowest BCUT2D eigenvalue weighted by Crippen LogP contribution is -2.57. The van der Waals surface area contributed by atoms with Gasteiger partial charge in [0, 0.05) is 18.7 Å². The number of nitrogens with one attached hydrogen (secondary N) is 2. The first-order chi connectivity index (χ1) is 16.0. The number of phenolic OH excluding ortho intramolecular Hbond substituents is 1. The van der Waals surface area contributed by atoms with Gasteiger partial charge in [0.25, 0.3) is 0 Å². The lowest BCUT2D eigenvalue weighted by molar-refractivity contribution is -0.142. The maximum atomic E-state index is 13.2. The summed E-state index contributed by atoms with van der Waals surface area (Å²) in [5.41, 5.74) is 6.70. The summed E-state index contributed by atoms with van der Waals surface area (Å²) in [5.74, 6) is -2.58. The van der Waals surface area contributed by atoms with E-state index >= 15 is 0 Å². The summed E-state index contributed by atoms with van der Waals surface area (Å²) in [6, 6.07) is 2.31. The van der Waals surface area contributed by atoms with Crippen LogP contribution in [-0.4, -0.2) is 75.3 Å². The standard InChI is InChI=1S/C23H34N4O6S/c1-13(2)10-16(24)22(31)27-9-3-4-19(27)21(30)25-17(11-14-5-7-15(28)8-6-14)20(29)26-18(12-34)23(32)33/h5-8,13,16-19,28,34H,3-4,9-12,24H2,1-2H3,(H,25,30)(H,26,29)(H,32,33). The van der Waals surface area contributed by atoms with Gasteiger partial charge in [0.2, 0.25) is 17.7 Å². The molecule has 2 rings (SSSR count). The summed E-state index contributed by atoms with van der Waals surface area (Å²) in [6.07, 6.45) is 1.63. The number of nitrogens with two attached hydrogens (primary N) is 1. The van der Waals surface area contributed by atoms with Gasteiger partial charge in [-0.25, -0.2) is 4.79 Å². The highest BCUT2D eigenvalue weighted by molar-refractivity contribution is 7.80. The molecule has 1 aliphatic rings. The van der Waals surface area contributed by atoms with Gasteiger partial charge in [-0.1, -0.05) is 26.0 Å². The predicted molar refractivity (Wildman–Crippen MR) is 129 cm³/mol. The van der Waals surface area contributed by atoms with Crippen LogP contribution in [-0.2, 0) is 25.6 Å². The molecule has 4 atom stereocenters. The zero-order valence-electron chi connectivity index (χ0n) is 19.4. The zero-order valence-corrected chi connectivity index (χ0v) is 20.3. The molecule has 1 saturated heterocycles. The fourth-order valence-corrected chi connectivity index (χ4v) is 4.17. The van der Waals surface area contributed by atoms with Gasteiger partial charge >= 0.3 is 5.97 Å². The van der Waals surface area contributed by atoms with Crippen molar-refractivity contribution in [3.8, 4) is 5.75 Å². The van der Waals surface area contributed by atoms with E-state index in [4.69, 9.17) is 5.73 Å². The van der Waals surface area contributed by atoms with Gasteiger partial charge in [0.15, 0.2) is 0 Å². The molecule has 188 valence electrons. The van der Waals surface area contributed by atoms with Crippen molar-refractivity contribution >= 4 is 36.3 Å². The van der Waals surface area contributed by atoms with Crippen molar-refractivity contribution in [2.45, 2.75) is 63.7 Å². The molecule has 0 aromatic heterocycles. The average molecular weight is 495 g/mol. The Morgan fingerprint density at radius 1 is 1.15 bits per heavy atom. The van der Waals surface area contributed by atoms with Crippen molar-refractivity contribution in [2.24, 2.45) is 11.7 Å². The van der Waals surface area contributed by atoms with Crippen molar-refractivity contribution in [2.75, 3.05) is 12.3 Å². The van der Waals surface area contributed by atoms with Crippen molar-refractivity contribution in [1.29, 1.82) is 0 Å². The van der Waals surface area contributed by atoms with Crippen molar-refractivity contribution in [3.63, 3.8) is 0 Å². The molecule has 11 heteroatoms. The molecule has 1 aliphatic heterocycles. The van der Waals surface area contributed by atoms with E-state index in [2.05, 4.69) is 23.3 Å². The maximum Gasteiger partial charge on any atom is 0.327 e. The smallest absolute Gasteiger partial charge is 0.327 e. The minimum atomic E-state index is -1.25. The Morgan fingerprint density at radius 3 is 2.35 bits per heavy atom. The molecule has 1 aromatic rings. The first kappa shape index (κ1) is 27.5. The van der Waals surface area contributed by atoms with Crippen LogP contribution in [0, 0.1) is 5.92 Å². The number of phenols is 1. The maximum absolute atomic E-state index is 13.2. The number of thiol groups is 1. The van der Waals surface area contributed by atoms with Crippen molar-refractivity contribution in [1.82, 2.24) is 15.5 Å². The van der Waals surface area contributed by atoms with Crippen LogP contribution in [0.4, 0.5) is 0 Å². The van der Waals surface area contributed by atoms with Crippen LogP contribution in [0.15, 0.2) is 24.3 Å². The molecule has 10 nitrogen and oxygen atoms in total. The fourth-order valence-electron chi connectivity index (χ4n) is 3.93. The highest BCUT2D eigenvalue weighted by Gasteiger charge is 2.38. The van der Waals surface area contributed by atoms with E-state index in [0.717, 1.165) is 0 Å². The molecule has 6 N–H and O–H groups in total. The minimum absolute atomic E-state index is 0.0487. The number of carboxylic acid groups (broad SMARTS) is 1. The van der Waals surface area contributed by atoms with Crippen LogP contribution >= 0.6 is 12.6 Å². The Hall–Kier alpha value is -2.79. The molecular formula is C23H34N4O6S. The number of rotatable bonds is 11. The summed E-state index contributed by atoms with van der Waals surface area (Å²) in [6.45, 7) is 4.32. The van der Waals surface area contributed by atoms with Gasteiger partial charge in [-0.05, 0) is 42.9 Å². The van der Waals surface area contributed by atoms with Gasteiger partial charge in [-0.2, -0.15) is 12.6 Å².